The SMILES string of the molecule is CCc1nc2c(C)cc(C)nc2n1Cc1ccc(C(C)(C)C)c(Cl)c1O[SiH](C)C. The fraction of sp³-hybridized carbons (Fsp3) is 0.478. The molecule has 0 amide bonds. The van der Waals surface area contributed by atoms with Gasteiger partial charge in [0.05, 0.1) is 11.6 Å². The van der Waals surface area contributed by atoms with Crippen molar-refractivity contribution < 1.29 is 4.43 Å². The Hall–Kier alpha value is -1.85. The number of aryl methyl sites for hydroxylation is 3. The van der Waals surface area contributed by atoms with Crippen LogP contribution in [0.25, 0.3) is 11.2 Å². The molecule has 0 radical (unpaired) electrons. The van der Waals surface area contributed by atoms with Gasteiger partial charge in [-0.1, -0.05) is 51.4 Å². The number of nitrogens with zero attached hydrogens (tertiary/aromatic N) is 3. The summed E-state index contributed by atoms with van der Waals surface area (Å²) < 4.78 is 8.56. The molecular formula is C23H32ClN3OSi. The molecule has 0 saturated heterocycles. The molecule has 156 valence electrons. The lowest BCUT2D eigenvalue weighted by atomic mass is 9.86. The van der Waals surface area contributed by atoms with E-state index >= 15 is 0 Å². The van der Waals surface area contributed by atoms with E-state index in [0.29, 0.717) is 6.54 Å². The summed E-state index contributed by atoms with van der Waals surface area (Å²) in [4.78, 5) is 9.68. The molecule has 0 aliphatic rings. The van der Waals surface area contributed by atoms with E-state index in [4.69, 9.17) is 26.0 Å². The van der Waals surface area contributed by atoms with Gasteiger partial charge in [-0.15, -0.1) is 0 Å². The Kier molecular flexibility index (Phi) is 6.11. The van der Waals surface area contributed by atoms with Crippen molar-refractivity contribution in [2.75, 3.05) is 0 Å². The van der Waals surface area contributed by atoms with Crippen molar-refractivity contribution in [2.24, 2.45) is 0 Å². The maximum atomic E-state index is 6.88. The normalized spacial score (nSPS) is 12.2. The van der Waals surface area contributed by atoms with Crippen LogP contribution in [0.1, 0.15) is 55.9 Å². The van der Waals surface area contributed by atoms with Crippen LogP contribution in [0.15, 0.2) is 18.2 Å². The Morgan fingerprint density at radius 3 is 2.41 bits per heavy atom. The predicted octanol–water partition coefficient (Wildman–Crippen LogP) is 5.97. The standard InChI is InChI=1S/C23H32ClN3OSi/c1-9-18-26-20-14(2)12-15(3)25-22(20)27(18)13-16-10-11-17(23(4,5)6)19(24)21(16)28-29(7)8/h10-12,29H,9,13H2,1-8H3. The van der Waals surface area contributed by atoms with Gasteiger partial charge < -0.3 is 8.99 Å². The molecule has 0 spiro atoms. The van der Waals surface area contributed by atoms with Gasteiger partial charge in [-0.3, -0.25) is 0 Å². The van der Waals surface area contributed by atoms with Gasteiger partial charge in [0.25, 0.3) is 0 Å². The molecule has 6 heteroatoms. The second kappa shape index (κ2) is 8.11. The van der Waals surface area contributed by atoms with Crippen molar-refractivity contribution in [3.05, 3.63) is 51.4 Å². The summed E-state index contributed by atoms with van der Waals surface area (Å²) >= 11 is 6.88. The van der Waals surface area contributed by atoms with E-state index in [9.17, 15) is 0 Å². The summed E-state index contributed by atoms with van der Waals surface area (Å²) in [5.74, 6) is 1.86. The molecule has 1 aromatic carbocycles. The molecule has 0 bridgehead atoms. The highest BCUT2D eigenvalue weighted by atomic mass is 35.5. The molecule has 0 fully saturated rings. The van der Waals surface area contributed by atoms with Crippen LogP contribution in [0, 0.1) is 13.8 Å². The average molecular weight is 430 g/mol. The number of hydrogen-bond donors (Lipinski definition) is 0. The largest absolute Gasteiger partial charge is 0.546 e. The molecule has 0 aliphatic heterocycles. The Labute approximate surface area is 181 Å². The van der Waals surface area contributed by atoms with Crippen LogP contribution in [0.5, 0.6) is 5.75 Å². The fourth-order valence-corrected chi connectivity index (χ4v) is 5.05. The molecule has 4 nitrogen and oxygen atoms in total. The summed E-state index contributed by atoms with van der Waals surface area (Å²) in [6, 6.07) is 6.39. The van der Waals surface area contributed by atoms with E-state index < -0.39 is 9.04 Å². The number of fused-ring (bicyclic) bond motifs is 1. The molecular weight excluding hydrogens is 398 g/mol. The number of benzene rings is 1. The van der Waals surface area contributed by atoms with Crippen LogP contribution in [-0.2, 0) is 18.4 Å². The summed E-state index contributed by atoms with van der Waals surface area (Å²) in [6.45, 7) is 17.8. The van der Waals surface area contributed by atoms with E-state index in [-0.39, 0.29) is 5.41 Å². The lowest BCUT2D eigenvalue weighted by Gasteiger charge is -2.25. The number of pyridine rings is 1. The molecule has 0 aliphatic carbocycles. The third-order valence-electron chi connectivity index (χ3n) is 5.09. The first-order valence-corrected chi connectivity index (χ1v) is 13.5. The van der Waals surface area contributed by atoms with E-state index in [1.54, 1.807) is 0 Å². The molecule has 0 atom stereocenters. The van der Waals surface area contributed by atoms with Gasteiger partial charge in [0, 0.05) is 17.7 Å². The number of aromatic nitrogens is 3. The number of imidazole rings is 1. The van der Waals surface area contributed by atoms with Crippen LogP contribution >= 0.6 is 11.6 Å². The number of rotatable bonds is 5. The third-order valence-corrected chi connectivity index (χ3v) is 6.17. The van der Waals surface area contributed by atoms with Crippen LogP contribution in [-0.4, -0.2) is 23.6 Å². The smallest absolute Gasteiger partial charge is 0.229 e. The number of halogens is 1. The second-order valence-corrected chi connectivity index (χ2v) is 11.8. The van der Waals surface area contributed by atoms with Crippen LogP contribution < -0.4 is 4.43 Å². The van der Waals surface area contributed by atoms with Crippen molar-refractivity contribution in [1.29, 1.82) is 0 Å². The zero-order valence-electron chi connectivity index (χ0n) is 18.9. The maximum absolute atomic E-state index is 6.88. The molecule has 29 heavy (non-hydrogen) atoms. The van der Waals surface area contributed by atoms with Gasteiger partial charge in [0.15, 0.2) is 5.65 Å². The van der Waals surface area contributed by atoms with Crippen LogP contribution in [0.4, 0.5) is 0 Å². The Morgan fingerprint density at radius 1 is 1.14 bits per heavy atom. The van der Waals surface area contributed by atoms with Crippen molar-refractivity contribution >= 4 is 31.8 Å². The summed E-state index contributed by atoms with van der Waals surface area (Å²) in [5, 5.41) is 0.735. The monoisotopic (exact) mass is 429 g/mol. The third kappa shape index (κ3) is 4.36. The zero-order valence-corrected chi connectivity index (χ0v) is 20.8. The van der Waals surface area contributed by atoms with Crippen molar-refractivity contribution in [1.82, 2.24) is 14.5 Å². The van der Waals surface area contributed by atoms with E-state index in [1.807, 2.05) is 6.92 Å². The number of hydrogen-bond acceptors (Lipinski definition) is 3. The Bertz CT molecular complexity index is 1050. The lowest BCUT2D eigenvalue weighted by Crippen LogP contribution is -2.18. The van der Waals surface area contributed by atoms with Crippen molar-refractivity contribution in [3.63, 3.8) is 0 Å². The topological polar surface area (TPSA) is 39.9 Å². The van der Waals surface area contributed by atoms with Crippen molar-refractivity contribution in [3.8, 4) is 5.75 Å². The molecule has 3 rings (SSSR count). The highest BCUT2D eigenvalue weighted by molar-refractivity contribution is 6.49. The molecule has 3 aromatic rings. The molecule has 0 unspecified atom stereocenters. The molecule has 0 N–H and O–H groups in total. The molecule has 2 heterocycles. The highest BCUT2D eigenvalue weighted by Gasteiger charge is 2.24. The minimum atomic E-state index is -1.33. The molecule has 0 saturated carbocycles. The van der Waals surface area contributed by atoms with Gasteiger partial charge in [-0.05, 0) is 49.5 Å². The summed E-state index contributed by atoms with van der Waals surface area (Å²) in [6.07, 6.45) is 0.845. The van der Waals surface area contributed by atoms with Gasteiger partial charge in [0.1, 0.15) is 17.1 Å². The van der Waals surface area contributed by atoms with Crippen LogP contribution in [0.3, 0.4) is 0 Å². The van der Waals surface area contributed by atoms with Gasteiger partial charge in [-0.25, -0.2) is 9.97 Å². The lowest BCUT2D eigenvalue weighted by molar-refractivity contribution is 0.550. The van der Waals surface area contributed by atoms with Crippen LogP contribution in [0.2, 0.25) is 18.1 Å². The van der Waals surface area contributed by atoms with E-state index in [1.165, 1.54) is 0 Å². The zero-order chi connectivity index (χ0) is 21.5. The summed E-state index contributed by atoms with van der Waals surface area (Å²) in [7, 11) is -1.33. The minimum absolute atomic E-state index is 0.0433. The van der Waals surface area contributed by atoms with Gasteiger partial charge in [-0.2, -0.15) is 0 Å². The van der Waals surface area contributed by atoms with E-state index in [0.717, 1.165) is 56.6 Å². The second-order valence-electron chi connectivity index (χ2n) is 9.05. The Morgan fingerprint density at radius 2 is 1.83 bits per heavy atom. The van der Waals surface area contributed by atoms with Gasteiger partial charge >= 0.3 is 0 Å². The quantitative estimate of drug-likeness (QED) is 0.469. The summed E-state index contributed by atoms with van der Waals surface area (Å²) in [5.41, 5.74) is 6.23. The Balaban J connectivity index is 2.19. The van der Waals surface area contributed by atoms with E-state index in [2.05, 4.69) is 70.5 Å². The first-order chi connectivity index (χ1) is 13.5. The first kappa shape index (κ1) is 21.8. The predicted molar refractivity (Wildman–Crippen MR) is 125 cm³/mol. The minimum Gasteiger partial charge on any atom is -0.546 e. The van der Waals surface area contributed by atoms with Gasteiger partial charge in [0.2, 0.25) is 9.04 Å². The molecule has 2 aromatic heterocycles. The first-order valence-electron chi connectivity index (χ1n) is 10.3. The maximum Gasteiger partial charge on any atom is 0.229 e. The van der Waals surface area contributed by atoms with Crippen molar-refractivity contribution in [2.45, 2.75) is 73.0 Å². The highest BCUT2D eigenvalue weighted by Crippen LogP contribution is 2.39. The average Bonchev–Trinajstić information content (AvgIpc) is 2.94. The fourth-order valence-electron chi connectivity index (χ4n) is 3.72.